The van der Waals surface area contributed by atoms with Crippen LogP contribution in [0.25, 0.3) is 16.8 Å². The molecule has 12 nitrogen and oxygen atoms in total. The zero-order chi connectivity index (χ0) is 42.2. The van der Waals surface area contributed by atoms with Crippen molar-refractivity contribution in [3.8, 4) is 11.5 Å². The van der Waals surface area contributed by atoms with E-state index in [4.69, 9.17) is 14.3 Å². The van der Waals surface area contributed by atoms with E-state index in [9.17, 15) is 25.4 Å². The van der Waals surface area contributed by atoms with Crippen molar-refractivity contribution < 1.29 is 39.3 Å². The highest BCUT2D eigenvalue weighted by atomic mass is 16.7. The minimum absolute atomic E-state index is 0.00643. The molecular formula is C48H53N3O9. The van der Waals surface area contributed by atoms with Crippen LogP contribution >= 0.6 is 0 Å². The largest absolute Gasteiger partial charge is 0.508 e. The lowest BCUT2D eigenvalue weighted by Gasteiger charge is -2.60. The highest BCUT2D eigenvalue weighted by molar-refractivity contribution is 6.03. The maximum absolute atomic E-state index is 15.1. The zero-order valence-corrected chi connectivity index (χ0v) is 33.9. The fourth-order valence-electron chi connectivity index (χ4n) is 9.69. The Balaban J connectivity index is 1.44. The molecule has 7 rings (SSSR count). The van der Waals surface area contributed by atoms with E-state index in [1.165, 1.54) is 25.3 Å². The molecule has 6 atom stereocenters. The molecule has 1 saturated carbocycles. The second-order valence-electron chi connectivity index (χ2n) is 15.8. The lowest BCUT2D eigenvalue weighted by atomic mass is 9.55. The second kappa shape index (κ2) is 19.1. The summed E-state index contributed by atoms with van der Waals surface area (Å²) in [5.74, 6) is -1.95. The van der Waals surface area contributed by atoms with E-state index in [1.807, 2.05) is 42.5 Å². The molecule has 0 aromatic heterocycles. The topological polar surface area (TPSA) is 164 Å². The number of ether oxygens (including phenoxy) is 2. The molecule has 0 radical (unpaired) electrons. The number of unbranched alkanes of at least 4 members (excludes halogenated alkanes) is 2. The number of rotatable bonds is 18. The van der Waals surface area contributed by atoms with Crippen molar-refractivity contribution in [3.63, 3.8) is 0 Å². The van der Waals surface area contributed by atoms with E-state index in [-0.39, 0.29) is 67.9 Å². The fourth-order valence-corrected chi connectivity index (χ4v) is 9.69. The number of non-ortho nitro benzene ring substituents is 1. The molecule has 1 aliphatic heterocycles. The standard InChI is InChI=1S/C48H53N3O9/c1-3-27-59-48-44(50(31-35-14-10-13-33-11-4-5-15-38(33)35)45(55)24-19-32-17-20-36(21-18-32)51(56)57)30-42(49-58-2)40-28-34(12-6-8-25-52)39(16-7-9-26-53)46(47(40)48)41-29-37(54)22-23-43(41)60-48/h3-5,10-11,13-15,17-24,28-29,34,39,44,46-47,52-54H,1,6-9,12,16,25-27,30-31H2,2H3/t34-,39+,44-,46+,47+,48+/m0/s1. The molecule has 1 heterocycles. The Hall–Kier alpha value is -5.82. The first kappa shape index (κ1) is 42.3. The van der Waals surface area contributed by atoms with Gasteiger partial charge < -0.3 is 34.5 Å². The van der Waals surface area contributed by atoms with Crippen LogP contribution in [0.1, 0.15) is 67.6 Å². The summed E-state index contributed by atoms with van der Waals surface area (Å²) in [4.78, 5) is 33.4. The van der Waals surface area contributed by atoms with E-state index in [2.05, 4.69) is 17.8 Å². The summed E-state index contributed by atoms with van der Waals surface area (Å²) in [6, 6.07) is 24.4. The lowest BCUT2D eigenvalue weighted by Crippen LogP contribution is -2.70. The summed E-state index contributed by atoms with van der Waals surface area (Å²) < 4.78 is 14.3. The number of benzene rings is 4. The number of fused-ring (bicyclic) bond motifs is 3. The highest BCUT2D eigenvalue weighted by Gasteiger charge is 2.65. The van der Waals surface area contributed by atoms with E-state index in [1.54, 1.807) is 47.4 Å². The van der Waals surface area contributed by atoms with Crippen LogP contribution < -0.4 is 4.74 Å². The van der Waals surface area contributed by atoms with Crippen LogP contribution in [0.3, 0.4) is 0 Å². The Labute approximate surface area is 350 Å². The number of hydrogen-bond acceptors (Lipinski definition) is 10. The zero-order valence-electron chi connectivity index (χ0n) is 33.9. The molecule has 4 aromatic carbocycles. The molecule has 3 aliphatic rings. The van der Waals surface area contributed by atoms with Gasteiger partial charge in [0.1, 0.15) is 24.7 Å². The van der Waals surface area contributed by atoms with Crippen molar-refractivity contribution in [1.29, 1.82) is 0 Å². The van der Waals surface area contributed by atoms with E-state index in [0.717, 1.165) is 53.2 Å². The van der Waals surface area contributed by atoms with Gasteiger partial charge in [0.25, 0.3) is 5.69 Å². The molecule has 4 aromatic rings. The minimum atomic E-state index is -1.49. The molecule has 60 heavy (non-hydrogen) atoms. The number of nitro benzene ring substituents is 1. The Morgan fingerprint density at radius 2 is 1.77 bits per heavy atom. The van der Waals surface area contributed by atoms with Gasteiger partial charge in [0.05, 0.1) is 23.2 Å². The summed E-state index contributed by atoms with van der Waals surface area (Å²) >= 11 is 0. The highest BCUT2D eigenvalue weighted by Crippen LogP contribution is 2.62. The average molecular weight is 816 g/mol. The van der Waals surface area contributed by atoms with Crippen LogP contribution in [0, 0.1) is 27.9 Å². The van der Waals surface area contributed by atoms with Crippen LogP contribution in [0.4, 0.5) is 5.69 Å². The summed E-state index contributed by atoms with van der Waals surface area (Å²) in [6.07, 6.45) is 11.7. The molecular weight excluding hydrogens is 763 g/mol. The molecule has 0 bridgehead atoms. The third-order valence-electron chi connectivity index (χ3n) is 12.3. The number of oxime groups is 1. The Kier molecular flexibility index (Phi) is 13.4. The summed E-state index contributed by atoms with van der Waals surface area (Å²) in [6.45, 7) is 4.43. The smallest absolute Gasteiger partial charge is 0.269 e. The number of hydrogen-bond donors (Lipinski definition) is 3. The van der Waals surface area contributed by atoms with E-state index in [0.29, 0.717) is 29.9 Å². The molecule has 2 aliphatic carbocycles. The fraction of sp³-hybridized carbons (Fsp3) is 0.375. The van der Waals surface area contributed by atoms with Crippen LogP contribution in [0.2, 0.25) is 0 Å². The maximum atomic E-state index is 15.1. The quantitative estimate of drug-likeness (QED) is 0.0294. The predicted molar refractivity (Wildman–Crippen MR) is 230 cm³/mol. The van der Waals surface area contributed by atoms with Gasteiger partial charge in [-0.05, 0) is 101 Å². The number of allylic oxidation sites excluding steroid dienone is 1. The Bertz CT molecular complexity index is 2270. The molecule has 1 amide bonds. The first-order valence-corrected chi connectivity index (χ1v) is 20.7. The van der Waals surface area contributed by atoms with Gasteiger partial charge in [-0.2, -0.15) is 0 Å². The monoisotopic (exact) mass is 815 g/mol. The second-order valence-corrected chi connectivity index (χ2v) is 15.8. The third-order valence-corrected chi connectivity index (χ3v) is 12.3. The molecule has 314 valence electrons. The van der Waals surface area contributed by atoms with Crippen molar-refractivity contribution >= 4 is 34.2 Å². The van der Waals surface area contributed by atoms with Gasteiger partial charge in [-0.25, -0.2) is 0 Å². The number of nitro groups is 1. The van der Waals surface area contributed by atoms with Crippen molar-refractivity contribution in [3.05, 3.63) is 142 Å². The number of carbonyl (C=O) groups is 1. The number of phenols is 1. The van der Waals surface area contributed by atoms with Crippen molar-refractivity contribution in [2.45, 2.75) is 69.2 Å². The number of amides is 1. The van der Waals surface area contributed by atoms with Crippen molar-refractivity contribution in [1.82, 2.24) is 4.90 Å². The van der Waals surface area contributed by atoms with Gasteiger partial charge >= 0.3 is 0 Å². The molecule has 1 fully saturated rings. The normalized spacial score (nSPS) is 23.7. The summed E-state index contributed by atoms with van der Waals surface area (Å²) in [5.41, 5.74) is 3.83. The van der Waals surface area contributed by atoms with Gasteiger partial charge in [0.15, 0.2) is 0 Å². The number of aliphatic hydroxyl groups excluding tert-OH is 2. The summed E-state index contributed by atoms with van der Waals surface area (Å²) in [5, 5.41) is 48.7. The average Bonchev–Trinajstić information content (AvgIpc) is 3.26. The first-order valence-electron chi connectivity index (χ1n) is 20.7. The van der Waals surface area contributed by atoms with Crippen molar-refractivity contribution in [2.24, 2.45) is 22.9 Å². The van der Waals surface area contributed by atoms with Crippen molar-refractivity contribution in [2.75, 3.05) is 26.9 Å². The lowest BCUT2D eigenvalue weighted by molar-refractivity contribution is -0.384. The number of aliphatic hydroxyl groups is 2. The minimum Gasteiger partial charge on any atom is -0.508 e. The number of nitrogens with zero attached hydrogens (tertiary/aromatic N) is 3. The van der Waals surface area contributed by atoms with Crippen LogP contribution in [-0.4, -0.2) is 75.5 Å². The third kappa shape index (κ3) is 8.58. The number of carbonyl (C=O) groups excluding carboxylic acids is 1. The number of phenolic OH excluding ortho intramolecular Hbond substituents is 1. The van der Waals surface area contributed by atoms with Gasteiger partial charge in [-0.3, -0.25) is 14.9 Å². The van der Waals surface area contributed by atoms with Gasteiger partial charge in [0, 0.05) is 55.9 Å². The molecule has 0 spiro atoms. The molecule has 3 N–H and O–H groups in total. The maximum Gasteiger partial charge on any atom is 0.269 e. The summed E-state index contributed by atoms with van der Waals surface area (Å²) in [7, 11) is 1.51. The van der Waals surface area contributed by atoms with Gasteiger partial charge in [-0.1, -0.05) is 72.6 Å². The Morgan fingerprint density at radius 3 is 2.50 bits per heavy atom. The van der Waals surface area contributed by atoms with Gasteiger partial charge in [-0.15, -0.1) is 6.58 Å². The van der Waals surface area contributed by atoms with Gasteiger partial charge in [0.2, 0.25) is 11.7 Å². The SMILES string of the molecule is C=CCO[C@@]12Oc3ccc(O)cc3[C@H]3[C@H](CCCCO)[C@@H](CCCCO)C=C(C(=NOC)C[C@@H]1N(Cc1cccc4ccccc14)C(=O)C=Cc1ccc([N+](=O)[O-])cc1)[C@H]32. The van der Waals surface area contributed by atoms with Crippen LogP contribution in [0.5, 0.6) is 11.5 Å². The molecule has 0 unspecified atom stereocenters. The predicted octanol–water partition coefficient (Wildman–Crippen LogP) is 8.46. The van der Waals surface area contributed by atoms with Crippen LogP contribution in [0.15, 0.2) is 120 Å². The Morgan fingerprint density at radius 1 is 1.02 bits per heavy atom. The molecule has 0 saturated heterocycles. The van der Waals surface area contributed by atoms with Crippen LogP contribution in [-0.2, 0) is 20.9 Å². The number of aromatic hydroxyl groups is 1. The first-order chi connectivity index (χ1) is 29.2. The molecule has 12 heteroatoms. The van der Waals surface area contributed by atoms with E-state index < -0.39 is 22.7 Å². The van der Waals surface area contributed by atoms with E-state index >= 15 is 4.79 Å².